The van der Waals surface area contributed by atoms with Crippen molar-refractivity contribution in [2.45, 2.75) is 19.8 Å². The molecule has 3 nitrogen and oxygen atoms in total. The Morgan fingerprint density at radius 1 is 0.966 bits per heavy atom. The van der Waals surface area contributed by atoms with Crippen LogP contribution in [0.4, 0.5) is 4.39 Å². The summed E-state index contributed by atoms with van der Waals surface area (Å²) in [5.74, 6) is -1.78. The molecular weight excluding hydrogens is 365 g/mol. The van der Waals surface area contributed by atoms with Gasteiger partial charge in [0.15, 0.2) is 0 Å². The monoisotopic (exact) mass is 382 g/mol. The van der Waals surface area contributed by atoms with Gasteiger partial charge in [-0.1, -0.05) is 48.0 Å². The Hall–Kier alpha value is -3.53. The van der Waals surface area contributed by atoms with Crippen LogP contribution in [-0.2, 0) is 12.8 Å². The van der Waals surface area contributed by atoms with E-state index < -0.39 is 11.8 Å². The van der Waals surface area contributed by atoms with Crippen molar-refractivity contribution >= 4 is 16.9 Å². The number of carbonyl (C=O) groups is 1. The van der Waals surface area contributed by atoms with Crippen molar-refractivity contribution in [2.75, 3.05) is 0 Å². The molecule has 1 aromatic heterocycles. The SMILES string of the molecule is Cc1ccc(-c2ccc3c(c2)CCc2c-3nc3ccc(F)cc3c2C(=O)[O-])cc1. The van der Waals surface area contributed by atoms with E-state index in [-0.39, 0.29) is 5.56 Å². The van der Waals surface area contributed by atoms with E-state index in [2.05, 4.69) is 37.3 Å². The predicted molar refractivity (Wildman–Crippen MR) is 109 cm³/mol. The minimum Gasteiger partial charge on any atom is -0.545 e. The zero-order valence-electron chi connectivity index (χ0n) is 15.8. The quantitative estimate of drug-likeness (QED) is 0.514. The van der Waals surface area contributed by atoms with E-state index in [9.17, 15) is 14.3 Å². The third-order valence-electron chi connectivity index (χ3n) is 5.64. The Morgan fingerprint density at radius 3 is 2.48 bits per heavy atom. The normalized spacial score (nSPS) is 12.5. The molecule has 0 saturated carbocycles. The number of pyridine rings is 1. The van der Waals surface area contributed by atoms with Crippen LogP contribution in [0.25, 0.3) is 33.3 Å². The van der Waals surface area contributed by atoms with Crippen LogP contribution >= 0.6 is 0 Å². The van der Waals surface area contributed by atoms with E-state index >= 15 is 0 Å². The van der Waals surface area contributed by atoms with Crippen LogP contribution in [0.1, 0.15) is 27.0 Å². The molecule has 4 aromatic rings. The third-order valence-corrected chi connectivity index (χ3v) is 5.64. The molecule has 0 bridgehead atoms. The number of halogens is 1. The summed E-state index contributed by atoms with van der Waals surface area (Å²) in [5.41, 5.74) is 7.32. The molecule has 0 amide bonds. The molecule has 1 aliphatic carbocycles. The van der Waals surface area contributed by atoms with Crippen LogP contribution in [-0.4, -0.2) is 11.0 Å². The van der Waals surface area contributed by atoms with E-state index in [1.165, 1.54) is 23.8 Å². The first-order chi connectivity index (χ1) is 14.0. The summed E-state index contributed by atoms with van der Waals surface area (Å²) in [6, 6.07) is 18.6. The fourth-order valence-electron chi connectivity index (χ4n) is 4.19. The Bertz CT molecular complexity index is 1290. The molecule has 1 heterocycles. The highest BCUT2D eigenvalue weighted by Gasteiger charge is 2.23. The average molecular weight is 382 g/mol. The summed E-state index contributed by atoms with van der Waals surface area (Å²) >= 11 is 0. The van der Waals surface area contributed by atoms with E-state index in [1.54, 1.807) is 0 Å². The van der Waals surface area contributed by atoms with Gasteiger partial charge in [0.05, 0.1) is 17.2 Å². The largest absolute Gasteiger partial charge is 0.545 e. The number of hydrogen-bond donors (Lipinski definition) is 0. The highest BCUT2D eigenvalue weighted by molar-refractivity contribution is 6.05. The molecule has 0 N–H and O–H groups in total. The van der Waals surface area contributed by atoms with Gasteiger partial charge >= 0.3 is 0 Å². The Labute approximate surface area is 167 Å². The number of nitrogens with zero attached hydrogens (tertiary/aromatic N) is 1. The lowest BCUT2D eigenvalue weighted by molar-refractivity contribution is -0.254. The van der Waals surface area contributed by atoms with Crippen LogP contribution in [0, 0.1) is 12.7 Å². The summed E-state index contributed by atoms with van der Waals surface area (Å²) in [6.45, 7) is 2.06. The molecule has 3 aromatic carbocycles. The van der Waals surface area contributed by atoms with Crippen molar-refractivity contribution in [1.82, 2.24) is 4.98 Å². The van der Waals surface area contributed by atoms with Crippen molar-refractivity contribution in [2.24, 2.45) is 0 Å². The molecule has 0 aliphatic heterocycles. The van der Waals surface area contributed by atoms with E-state index in [1.807, 2.05) is 12.1 Å². The number of aryl methyl sites for hydroxylation is 2. The van der Waals surface area contributed by atoms with E-state index in [0.29, 0.717) is 35.0 Å². The Morgan fingerprint density at radius 2 is 1.72 bits per heavy atom. The molecule has 142 valence electrons. The van der Waals surface area contributed by atoms with E-state index in [0.717, 1.165) is 22.3 Å². The number of aromatic nitrogens is 1. The number of carbonyl (C=O) groups excluding carboxylic acids is 1. The van der Waals surface area contributed by atoms with Crippen molar-refractivity contribution < 1.29 is 14.3 Å². The molecule has 0 saturated heterocycles. The summed E-state index contributed by atoms with van der Waals surface area (Å²) < 4.78 is 13.7. The minimum atomic E-state index is -1.29. The fraction of sp³-hybridized carbons (Fsp3) is 0.120. The molecule has 29 heavy (non-hydrogen) atoms. The maximum atomic E-state index is 13.7. The maximum Gasteiger partial charge on any atom is 0.123 e. The zero-order valence-corrected chi connectivity index (χ0v) is 15.8. The number of benzene rings is 3. The average Bonchev–Trinajstić information content (AvgIpc) is 2.72. The fourth-order valence-corrected chi connectivity index (χ4v) is 4.19. The Kier molecular flexibility index (Phi) is 3.95. The number of carboxylic acids is 1. The number of hydrogen-bond acceptors (Lipinski definition) is 3. The molecule has 1 aliphatic rings. The van der Waals surface area contributed by atoms with Gasteiger partial charge in [-0.05, 0) is 60.2 Å². The van der Waals surface area contributed by atoms with E-state index in [4.69, 9.17) is 4.98 Å². The van der Waals surface area contributed by atoms with Crippen molar-refractivity contribution in [3.63, 3.8) is 0 Å². The van der Waals surface area contributed by atoms with Crippen LogP contribution in [0.5, 0.6) is 0 Å². The summed E-state index contributed by atoms with van der Waals surface area (Å²) in [4.78, 5) is 16.6. The van der Waals surface area contributed by atoms with Crippen molar-refractivity contribution in [3.05, 3.63) is 88.7 Å². The van der Waals surface area contributed by atoms with Gasteiger partial charge in [0.2, 0.25) is 0 Å². The van der Waals surface area contributed by atoms with Gasteiger partial charge in [-0.15, -0.1) is 0 Å². The lowest BCUT2D eigenvalue weighted by atomic mass is 9.84. The van der Waals surface area contributed by atoms with Crippen LogP contribution < -0.4 is 5.11 Å². The molecule has 0 atom stereocenters. The summed E-state index contributed by atoms with van der Waals surface area (Å²) in [7, 11) is 0. The first-order valence-electron chi connectivity index (χ1n) is 9.55. The molecule has 5 rings (SSSR count). The lowest BCUT2D eigenvalue weighted by Gasteiger charge is -2.24. The van der Waals surface area contributed by atoms with Gasteiger partial charge in [-0.3, -0.25) is 0 Å². The van der Waals surface area contributed by atoms with Gasteiger partial charge in [-0.2, -0.15) is 0 Å². The molecule has 0 unspecified atom stereocenters. The molecule has 0 radical (unpaired) electrons. The lowest BCUT2D eigenvalue weighted by Crippen LogP contribution is -2.26. The van der Waals surface area contributed by atoms with Gasteiger partial charge < -0.3 is 9.90 Å². The minimum absolute atomic E-state index is 0.0535. The Balaban J connectivity index is 1.71. The third kappa shape index (κ3) is 2.88. The number of fused-ring (bicyclic) bond motifs is 4. The summed E-state index contributed by atoms with van der Waals surface area (Å²) in [6.07, 6.45) is 1.23. The standard InChI is InChI=1S/C25H18FNO2/c1-14-2-4-15(5-3-14)16-6-9-19-17(12-16)7-10-20-23(25(28)29)21-13-18(26)8-11-22(21)27-24(19)20/h2-6,8-9,11-13H,7,10H2,1H3,(H,28,29)/p-1. The van der Waals surface area contributed by atoms with Gasteiger partial charge in [0, 0.05) is 16.5 Å². The second-order valence-corrected chi connectivity index (χ2v) is 7.50. The summed E-state index contributed by atoms with van der Waals surface area (Å²) in [5, 5.41) is 12.2. The van der Waals surface area contributed by atoms with Crippen molar-refractivity contribution in [3.8, 4) is 22.4 Å². The number of rotatable bonds is 2. The second-order valence-electron chi connectivity index (χ2n) is 7.50. The first-order valence-corrected chi connectivity index (χ1v) is 9.55. The molecule has 0 spiro atoms. The van der Waals surface area contributed by atoms with Crippen LogP contribution in [0.15, 0.2) is 60.7 Å². The highest BCUT2D eigenvalue weighted by Crippen LogP contribution is 2.38. The van der Waals surface area contributed by atoms with Crippen molar-refractivity contribution in [1.29, 1.82) is 0 Å². The second kappa shape index (κ2) is 6.52. The topological polar surface area (TPSA) is 53.0 Å². The molecule has 4 heteroatoms. The maximum absolute atomic E-state index is 13.7. The van der Waals surface area contributed by atoms with Gasteiger partial charge in [-0.25, -0.2) is 9.37 Å². The number of aromatic carboxylic acids is 1. The number of carboxylic acid groups (broad SMARTS) is 1. The molecular formula is C25H17FNO2-. The van der Waals surface area contributed by atoms with Gasteiger partial charge in [0.25, 0.3) is 0 Å². The predicted octanol–water partition coefficient (Wildman–Crippen LogP) is 4.48. The van der Waals surface area contributed by atoms with Crippen LogP contribution in [0.2, 0.25) is 0 Å². The highest BCUT2D eigenvalue weighted by atomic mass is 19.1. The smallest absolute Gasteiger partial charge is 0.123 e. The van der Waals surface area contributed by atoms with Crippen LogP contribution in [0.3, 0.4) is 0 Å². The first kappa shape index (κ1) is 17.6. The van der Waals surface area contributed by atoms with Gasteiger partial charge in [0.1, 0.15) is 5.82 Å². The zero-order chi connectivity index (χ0) is 20.1. The molecule has 0 fully saturated rings.